The highest BCUT2D eigenvalue weighted by atomic mass is 35.5. The Morgan fingerprint density at radius 3 is 2.69 bits per heavy atom. The van der Waals surface area contributed by atoms with Crippen LogP contribution in [-0.4, -0.2) is 13.3 Å². The Morgan fingerprint density at radius 1 is 1.03 bits per heavy atom. The summed E-state index contributed by atoms with van der Waals surface area (Å²) >= 11 is 6.53. The molecule has 6 rings (SSSR count). The fourth-order valence-electron chi connectivity index (χ4n) is 5.53. The predicted octanol–water partition coefficient (Wildman–Crippen LogP) is 8.64. The molecule has 0 saturated carbocycles. The summed E-state index contributed by atoms with van der Waals surface area (Å²) in [5.41, 5.74) is 6.18. The van der Waals surface area contributed by atoms with Gasteiger partial charge >= 0.3 is 0 Å². The molecule has 0 amide bonds. The molecular weight excluding hydrogens is 511 g/mol. The van der Waals surface area contributed by atoms with E-state index in [0.717, 1.165) is 17.7 Å². The molecule has 2 aliphatic rings. The van der Waals surface area contributed by atoms with Gasteiger partial charge in [-0.2, -0.15) is 0 Å². The molecule has 3 atom stereocenters. The van der Waals surface area contributed by atoms with E-state index >= 15 is 0 Å². The Kier molecular flexibility index (Phi) is 7.08. The zero-order chi connectivity index (χ0) is 26.8. The standard InChI is InChI=1S/C33H28ClFN2O2/c1-38-31-18-22(17-29(34)33(31)39-20-21-6-4-7-24(35)16-21)19-36-25-14-12-23(13-15-25)32-28-10-5-9-26(28)27-8-2-3-11-30(27)37-32/h2-9,11-19,26,28,32,37H,10,20H2,1H3/t26-,28-,32-/m0/s1. The molecule has 0 fully saturated rings. The van der Waals surface area contributed by atoms with Crippen molar-refractivity contribution in [1.82, 2.24) is 0 Å². The Labute approximate surface area is 232 Å². The number of hydrogen-bond donors (Lipinski definition) is 1. The molecule has 0 bridgehead atoms. The fourth-order valence-corrected chi connectivity index (χ4v) is 5.80. The molecule has 196 valence electrons. The number of halogens is 2. The predicted molar refractivity (Wildman–Crippen MR) is 155 cm³/mol. The molecular formula is C33H28ClFN2O2. The van der Waals surface area contributed by atoms with Crippen LogP contribution in [0.4, 0.5) is 15.8 Å². The van der Waals surface area contributed by atoms with Crippen molar-refractivity contribution in [3.8, 4) is 11.5 Å². The van der Waals surface area contributed by atoms with Crippen LogP contribution < -0.4 is 14.8 Å². The number of methoxy groups -OCH3 is 1. The highest BCUT2D eigenvalue weighted by Gasteiger charge is 2.37. The van der Waals surface area contributed by atoms with Crippen molar-refractivity contribution < 1.29 is 13.9 Å². The summed E-state index contributed by atoms with van der Waals surface area (Å²) < 4.78 is 24.9. The minimum Gasteiger partial charge on any atom is -0.493 e. The van der Waals surface area contributed by atoms with E-state index in [1.807, 2.05) is 18.2 Å². The van der Waals surface area contributed by atoms with E-state index < -0.39 is 0 Å². The van der Waals surface area contributed by atoms with Crippen LogP contribution in [0.5, 0.6) is 11.5 Å². The third kappa shape index (κ3) is 5.27. The van der Waals surface area contributed by atoms with Crippen LogP contribution in [0.15, 0.2) is 102 Å². The zero-order valence-corrected chi connectivity index (χ0v) is 22.2. The highest BCUT2D eigenvalue weighted by molar-refractivity contribution is 6.32. The van der Waals surface area contributed by atoms with Crippen molar-refractivity contribution in [3.05, 3.63) is 130 Å². The van der Waals surface area contributed by atoms with E-state index in [-0.39, 0.29) is 18.5 Å². The molecule has 39 heavy (non-hydrogen) atoms. The van der Waals surface area contributed by atoms with Gasteiger partial charge in [0.25, 0.3) is 0 Å². The smallest absolute Gasteiger partial charge is 0.180 e. The summed E-state index contributed by atoms with van der Waals surface area (Å²) in [6.45, 7) is 0.173. The number of ether oxygens (including phenoxy) is 2. The maximum absolute atomic E-state index is 13.5. The number of rotatable bonds is 7. The number of allylic oxidation sites excluding steroid dienone is 2. The van der Waals surface area contributed by atoms with Gasteiger partial charge in [0.1, 0.15) is 12.4 Å². The maximum atomic E-state index is 13.5. The lowest BCUT2D eigenvalue weighted by molar-refractivity contribution is 0.284. The van der Waals surface area contributed by atoms with E-state index in [9.17, 15) is 4.39 Å². The fraction of sp³-hybridized carbons (Fsp3) is 0.182. The number of nitrogens with zero attached hydrogens (tertiary/aromatic N) is 1. The third-order valence-electron chi connectivity index (χ3n) is 7.41. The zero-order valence-electron chi connectivity index (χ0n) is 21.5. The van der Waals surface area contributed by atoms with Crippen LogP contribution in [0.1, 0.15) is 40.6 Å². The van der Waals surface area contributed by atoms with Crippen LogP contribution in [0.3, 0.4) is 0 Å². The number of fused-ring (bicyclic) bond motifs is 3. The minimum atomic E-state index is -0.311. The first-order chi connectivity index (χ1) is 19.1. The van der Waals surface area contributed by atoms with Crippen LogP contribution >= 0.6 is 11.6 Å². The van der Waals surface area contributed by atoms with Gasteiger partial charge in [-0.3, -0.25) is 4.99 Å². The molecule has 4 aromatic rings. The summed E-state index contributed by atoms with van der Waals surface area (Å²) in [6, 6.07) is 27.1. The molecule has 0 spiro atoms. The first-order valence-electron chi connectivity index (χ1n) is 13.0. The largest absolute Gasteiger partial charge is 0.493 e. The van der Waals surface area contributed by atoms with Crippen molar-refractivity contribution in [2.45, 2.75) is 25.0 Å². The summed E-state index contributed by atoms with van der Waals surface area (Å²) in [5.74, 6) is 1.54. The van der Waals surface area contributed by atoms with Gasteiger partial charge in [0.05, 0.1) is 23.9 Å². The molecule has 1 aliphatic heterocycles. The molecule has 1 heterocycles. The average molecular weight is 539 g/mol. The minimum absolute atomic E-state index is 0.173. The van der Waals surface area contributed by atoms with Crippen LogP contribution in [-0.2, 0) is 6.61 Å². The second-order valence-corrected chi connectivity index (χ2v) is 10.3. The Bertz CT molecular complexity index is 1550. The topological polar surface area (TPSA) is 42.8 Å². The third-order valence-corrected chi connectivity index (χ3v) is 7.69. The summed E-state index contributed by atoms with van der Waals surface area (Å²) in [5, 5.41) is 4.17. The number of anilines is 1. The Hall–Kier alpha value is -4.09. The van der Waals surface area contributed by atoms with Gasteiger partial charge in [-0.1, -0.05) is 66.2 Å². The lowest BCUT2D eigenvalue weighted by atomic mass is 9.77. The van der Waals surface area contributed by atoms with Gasteiger partial charge in [-0.05, 0) is 77.1 Å². The summed E-state index contributed by atoms with van der Waals surface area (Å²) in [6.07, 6.45) is 7.49. The second-order valence-electron chi connectivity index (χ2n) is 9.87. The number of aliphatic imine (C=N–C) groups is 1. The van der Waals surface area contributed by atoms with E-state index in [0.29, 0.717) is 33.9 Å². The van der Waals surface area contributed by atoms with Crippen LogP contribution in [0, 0.1) is 11.7 Å². The second kappa shape index (κ2) is 11.0. The Balaban J connectivity index is 1.17. The number of nitrogens with one attached hydrogen (secondary N) is 1. The molecule has 0 saturated heterocycles. The highest BCUT2D eigenvalue weighted by Crippen LogP contribution is 2.49. The molecule has 4 nitrogen and oxygen atoms in total. The number of para-hydroxylation sites is 1. The number of hydrogen-bond acceptors (Lipinski definition) is 4. The summed E-state index contributed by atoms with van der Waals surface area (Å²) in [7, 11) is 1.56. The molecule has 0 unspecified atom stereocenters. The molecule has 6 heteroatoms. The lowest BCUT2D eigenvalue weighted by Crippen LogP contribution is -2.28. The van der Waals surface area contributed by atoms with Gasteiger partial charge in [-0.25, -0.2) is 4.39 Å². The van der Waals surface area contributed by atoms with Crippen LogP contribution in [0.25, 0.3) is 0 Å². The van der Waals surface area contributed by atoms with E-state index in [2.05, 4.69) is 58.9 Å². The monoisotopic (exact) mass is 538 g/mol. The first-order valence-corrected chi connectivity index (χ1v) is 13.4. The SMILES string of the molecule is COc1cc(C=Nc2ccc([C@@H]3Nc4ccccc4[C@@H]4C=CC[C@@H]43)cc2)cc(Cl)c1OCc1cccc(F)c1. The molecule has 0 aromatic heterocycles. The summed E-state index contributed by atoms with van der Waals surface area (Å²) in [4.78, 5) is 4.66. The van der Waals surface area contributed by atoms with Crippen molar-refractivity contribution in [3.63, 3.8) is 0 Å². The van der Waals surface area contributed by atoms with Crippen molar-refractivity contribution in [2.24, 2.45) is 10.9 Å². The first kappa shape index (κ1) is 25.2. The average Bonchev–Trinajstić information content (AvgIpc) is 3.46. The van der Waals surface area contributed by atoms with Crippen molar-refractivity contribution >= 4 is 29.2 Å². The Morgan fingerprint density at radius 2 is 1.87 bits per heavy atom. The molecule has 0 radical (unpaired) electrons. The van der Waals surface area contributed by atoms with Gasteiger partial charge in [-0.15, -0.1) is 0 Å². The maximum Gasteiger partial charge on any atom is 0.180 e. The van der Waals surface area contributed by atoms with E-state index in [4.69, 9.17) is 21.1 Å². The van der Waals surface area contributed by atoms with Gasteiger partial charge in [0.15, 0.2) is 11.5 Å². The molecule has 1 aliphatic carbocycles. The van der Waals surface area contributed by atoms with Gasteiger partial charge < -0.3 is 14.8 Å². The van der Waals surface area contributed by atoms with Gasteiger partial charge in [0.2, 0.25) is 0 Å². The molecule has 4 aromatic carbocycles. The molecule has 1 N–H and O–H groups in total. The van der Waals surface area contributed by atoms with E-state index in [1.54, 1.807) is 31.5 Å². The van der Waals surface area contributed by atoms with Crippen LogP contribution in [0.2, 0.25) is 5.02 Å². The quantitative estimate of drug-likeness (QED) is 0.189. The van der Waals surface area contributed by atoms with Crippen molar-refractivity contribution in [1.29, 1.82) is 0 Å². The normalized spacial score (nSPS) is 19.4. The van der Waals surface area contributed by atoms with E-state index in [1.165, 1.54) is 28.9 Å². The number of benzene rings is 4. The van der Waals surface area contributed by atoms with Crippen molar-refractivity contribution in [2.75, 3.05) is 12.4 Å². The lowest BCUT2D eigenvalue weighted by Gasteiger charge is -2.37. The van der Waals surface area contributed by atoms with Gasteiger partial charge in [0, 0.05) is 17.8 Å².